The maximum atomic E-state index is 12.0. The Bertz CT molecular complexity index is 562. The van der Waals surface area contributed by atoms with Crippen LogP contribution in [0.3, 0.4) is 0 Å². The minimum absolute atomic E-state index is 0.0472. The van der Waals surface area contributed by atoms with Crippen molar-refractivity contribution in [2.75, 3.05) is 26.2 Å². The molecule has 2 N–H and O–H groups in total. The van der Waals surface area contributed by atoms with Crippen molar-refractivity contribution in [2.24, 2.45) is 0 Å². The minimum Gasteiger partial charge on any atom is -0.354 e. The van der Waals surface area contributed by atoms with Crippen LogP contribution in [0.2, 0.25) is 0 Å². The molecule has 1 aliphatic rings. The summed E-state index contributed by atoms with van der Waals surface area (Å²) in [4.78, 5) is 36.8. The van der Waals surface area contributed by atoms with Crippen molar-refractivity contribution >= 4 is 33.7 Å². The lowest BCUT2D eigenvalue weighted by Crippen LogP contribution is -2.43. The maximum absolute atomic E-state index is 12.0. The molecule has 1 aromatic carbocycles. The van der Waals surface area contributed by atoms with Crippen LogP contribution >= 0.6 is 15.9 Å². The Hall–Kier alpha value is -1.89. The Kier molecular flexibility index (Phi) is 5.32. The second-order valence-electron chi connectivity index (χ2n) is 4.71. The third-order valence-corrected chi connectivity index (χ3v) is 3.59. The van der Waals surface area contributed by atoms with Gasteiger partial charge in [-0.25, -0.2) is 0 Å². The average molecular weight is 354 g/mol. The van der Waals surface area contributed by atoms with Crippen LogP contribution in [0.1, 0.15) is 16.8 Å². The molecule has 6 nitrogen and oxygen atoms in total. The number of benzene rings is 1. The number of rotatable bonds is 3. The van der Waals surface area contributed by atoms with Crippen molar-refractivity contribution in [3.8, 4) is 0 Å². The van der Waals surface area contributed by atoms with E-state index < -0.39 is 0 Å². The number of hydrogen-bond donors (Lipinski definition) is 2. The molecule has 1 fully saturated rings. The van der Waals surface area contributed by atoms with E-state index in [1.807, 2.05) is 6.07 Å². The fourth-order valence-electron chi connectivity index (χ4n) is 2.02. The second-order valence-corrected chi connectivity index (χ2v) is 5.63. The van der Waals surface area contributed by atoms with Crippen molar-refractivity contribution in [3.63, 3.8) is 0 Å². The molecule has 0 aromatic heterocycles. The highest BCUT2D eigenvalue weighted by Crippen LogP contribution is 2.11. The van der Waals surface area contributed by atoms with Crippen molar-refractivity contribution in [1.29, 1.82) is 0 Å². The van der Waals surface area contributed by atoms with Gasteiger partial charge in [-0.3, -0.25) is 14.4 Å². The third-order valence-electron chi connectivity index (χ3n) is 3.10. The van der Waals surface area contributed by atoms with Gasteiger partial charge in [-0.2, -0.15) is 0 Å². The second kappa shape index (κ2) is 7.21. The van der Waals surface area contributed by atoms with E-state index >= 15 is 0 Å². The van der Waals surface area contributed by atoms with Crippen LogP contribution < -0.4 is 10.6 Å². The van der Waals surface area contributed by atoms with Crippen molar-refractivity contribution < 1.29 is 14.4 Å². The summed E-state index contributed by atoms with van der Waals surface area (Å²) in [6, 6.07) is 6.92. The molecule has 1 saturated heterocycles. The van der Waals surface area contributed by atoms with Crippen molar-refractivity contribution in [3.05, 3.63) is 34.3 Å². The van der Waals surface area contributed by atoms with Crippen LogP contribution in [0.25, 0.3) is 0 Å². The molecule has 112 valence electrons. The monoisotopic (exact) mass is 353 g/mol. The van der Waals surface area contributed by atoms with Gasteiger partial charge < -0.3 is 15.5 Å². The van der Waals surface area contributed by atoms with E-state index in [0.29, 0.717) is 18.7 Å². The molecule has 0 atom stereocenters. The number of hydrogen-bond acceptors (Lipinski definition) is 3. The molecule has 0 spiro atoms. The molecule has 21 heavy (non-hydrogen) atoms. The van der Waals surface area contributed by atoms with Crippen molar-refractivity contribution in [1.82, 2.24) is 15.5 Å². The van der Waals surface area contributed by atoms with Crippen LogP contribution in [-0.4, -0.2) is 48.8 Å². The summed E-state index contributed by atoms with van der Waals surface area (Å²) in [6.45, 7) is 1.03. The van der Waals surface area contributed by atoms with Gasteiger partial charge in [-0.05, 0) is 24.6 Å². The number of nitrogens with one attached hydrogen (secondary N) is 2. The molecular formula is C14H16BrN3O3. The summed E-state index contributed by atoms with van der Waals surface area (Å²) in [5.74, 6) is -0.738. The summed E-state index contributed by atoms with van der Waals surface area (Å²) in [5.41, 5.74) is 0.478. The highest BCUT2D eigenvalue weighted by atomic mass is 79.9. The Morgan fingerprint density at radius 3 is 2.95 bits per heavy atom. The summed E-state index contributed by atoms with van der Waals surface area (Å²) in [6.07, 6.45) is 0.719. The van der Waals surface area contributed by atoms with Crippen LogP contribution in [0.4, 0.5) is 0 Å². The highest BCUT2D eigenvalue weighted by Gasteiger charge is 2.20. The highest BCUT2D eigenvalue weighted by molar-refractivity contribution is 9.10. The van der Waals surface area contributed by atoms with Gasteiger partial charge >= 0.3 is 0 Å². The van der Waals surface area contributed by atoms with Gasteiger partial charge in [0.15, 0.2) is 0 Å². The van der Waals surface area contributed by atoms with Gasteiger partial charge in [0.05, 0.1) is 13.1 Å². The quantitative estimate of drug-likeness (QED) is 0.831. The molecule has 7 heteroatoms. The van der Waals surface area contributed by atoms with Gasteiger partial charge in [0.25, 0.3) is 5.91 Å². The van der Waals surface area contributed by atoms with Crippen molar-refractivity contribution in [2.45, 2.75) is 6.42 Å². The van der Waals surface area contributed by atoms with E-state index in [4.69, 9.17) is 0 Å². The van der Waals surface area contributed by atoms with Crippen LogP contribution in [-0.2, 0) is 9.59 Å². The molecule has 0 saturated carbocycles. The van der Waals surface area contributed by atoms with E-state index in [1.165, 1.54) is 4.90 Å². The van der Waals surface area contributed by atoms with E-state index in [9.17, 15) is 14.4 Å². The van der Waals surface area contributed by atoms with E-state index in [0.717, 1.165) is 10.9 Å². The Labute approximate surface area is 131 Å². The molecule has 0 bridgehead atoms. The molecule has 2 rings (SSSR count). The zero-order valence-corrected chi connectivity index (χ0v) is 13.0. The van der Waals surface area contributed by atoms with Crippen LogP contribution in [0.5, 0.6) is 0 Å². The number of carbonyl (C=O) groups is 3. The van der Waals surface area contributed by atoms with E-state index in [1.54, 1.807) is 18.2 Å². The number of carbonyl (C=O) groups excluding carboxylic acids is 3. The Morgan fingerprint density at radius 2 is 2.19 bits per heavy atom. The van der Waals surface area contributed by atoms with Gasteiger partial charge in [-0.1, -0.05) is 22.0 Å². The van der Waals surface area contributed by atoms with Gasteiger partial charge in [-0.15, -0.1) is 0 Å². The first-order valence-corrected chi connectivity index (χ1v) is 7.44. The standard InChI is InChI=1S/C14H16BrN3O3/c15-11-4-1-3-10(7-11)14(21)17-8-13(20)18-6-2-5-16-12(19)9-18/h1,3-4,7H,2,5-6,8-9H2,(H,16,19)(H,17,21). The fraction of sp³-hybridized carbons (Fsp3) is 0.357. The first-order chi connectivity index (χ1) is 10.1. The Morgan fingerprint density at radius 1 is 1.38 bits per heavy atom. The zero-order valence-electron chi connectivity index (χ0n) is 11.4. The molecule has 3 amide bonds. The molecule has 0 radical (unpaired) electrons. The van der Waals surface area contributed by atoms with Crippen LogP contribution in [0.15, 0.2) is 28.7 Å². The maximum Gasteiger partial charge on any atom is 0.251 e. The molecule has 1 aromatic rings. The fourth-order valence-corrected chi connectivity index (χ4v) is 2.42. The topological polar surface area (TPSA) is 78.5 Å². The number of nitrogens with zero attached hydrogens (tertiary/aromatic N) is 1. The zero-order chi connectivity index (χ0) is 15.2. The minimum atomic E-state index is -0.316. The summed E-state index contributed by atoms with van der Waals surface area (Å²) < 4.78 is 0.797. The molecule has 1 aliphatic heterocycles. The van der Waals surface area contributed by atoms with Gasteiger partial charge in [0.1, 0.15) is 0 Å². The summed E-state index contributed by atoms with van der Waals surface area (Å²) in [5, 5.41) is 5.28. The largest absolute Gasteiger partial charge is 0.354 e. The lowest BCUT2D eigenvalue weighted by atomic mass is 10.2. The first-order valence-electron chi connectivity index (χ1n) is 6.64. The average Bonchev–Trinajstić information content (AvgIpc) is 2.69. The lowest BCUT2D eigenvalue weighted by molar-refractivity contribution is -0.134. The first kappa shape index (κ1) is 15.5. The molecule has 0 aliphatic carbocycles. The normalized spacial score (nSPS) is 15.1. The lowest BCUT2D eigenvalue weighted by Gasteiger charge is -2.19. The van der Waals surface area contributed by atoms with Gasteiger partial charge in [0.2, 0.25) is 11.8 Å². The Balaban J connectivity index is 1.88. The smallest absolute Gasteiger partial charge is 0.251 e. The number of halogens is 1. The molecular weight excluding hydrogens is 338 g/mol. The van der Waals surface area contributed by atoms with E-state index in [2.05, 4.69) is 26.6 Å². The molecule has 1 heterocycles. The SMILES string of the molecule is O=C1CN(C(=O)CNC(=O)c2cccc(Br)c2)CCCN1. The third kappa shape index (κ3) is 4.56. The number of amides is 3. The molecule has 0 unspecified atom stereocenters. The van der Waals surface area contributed by atoms with Gasteiger partial charge in [0, 0.05) is 23.1 Å². The van der Waals surface area contributed by atoms with E-state index in [-0.39, 0.29) is 30.8 Å². The van der Waals surface area contributed by atoms with Crippen LogP contribution in [0, 0.1) is 0 Å². The summed E-state index contributed by atoms with van der Waals surface area (Å²) in [7, 11) is 0. The predicted octanol–water partition coefficient (Wildman–Crippen LogP) is 0.527. The summed E-state index contributed by atoms with van der Waals surface area (Å²) >= 11 is 3.29. The predicted molar refractivity (Wildman–Crippen MR) is 80.7 cm³/mol.